The van der Waals surface area contributed by atoms with E-state index in [1.54, 1.807) is 20.3 Å². The summed E-state index contributed by atoms with van der Waals surface area (Å²) in [6.45, 7) is 0.722. The quantitative estimate of drug-likeness (QED) is 0.808. The normalized spacial score (nSPS) is 18.6. The lowest BCUT2D eigenvalue weighted by Crippen LogP contribution is -2.46. The summed E-state index contributed by atoms with van der Waals surface area (Å²) >= 11 is 5.69. The van der Waals surface area contributed by atoms with Crippen molar-refractivity contribution < 1.29 is 13.9 Å². The monoisotopic (exact) mass is 386 g/mol. The van der Waals surface area contributed by atoms with Gasteiger partial charge in [-0.2, -0.15) is 0 Å². The Morgan fingerprint density at radius 1 is 1.11 bits per heavy atom. The van der Waals surface area contributed by atoms with Crippen LogP contribution in [0.4, 0.5) is 4.39 Å². The first-order valence-electron chi connectivity index (χ1n) is 9.18. The molecule has 2 aromatic carbocycles. The number of rotatable bonds is 4. The molecule has 1 atom stereocenters. The number of nitrogens with one attached hydrogen (secondary N) is 1. The van der Waals surface area contributed by atoms with Gasteiger partial charge in [-0.3, -0.25) is 0 Å². The highest BCUT2D eigenvalue weighted by Gasteiger charge is 2.35. The van der Waals surface area contributed by atoms with E-state index in [9.17, 15) is 4.39 Å². The highest BCUT2D eigenvalue weighted by atomic mass is 32.1. The largest absolute Gasteiger partial charge is 0.493 e. The minimum Gasteiger partial charge on any atom is -0.493 e. The van der Waals surface area contributed by atoms with Gasteiger partial charge in [-0.25, -0.2) is 4.39 Å². The van der Waals surface area contributed by atoms with Crippen LogP contribution in [0.15, 0.2) is 36.4 Å². The third-order valence-corrected chi connectivity index (χ3v) is 5.59. The van der Waals surface area contributed by atoms with Crippen LogP contribution in [0.3, 0.4) is 0 Å². The van der Waals surface area contributed by atoms with Gasteiger partial charge in [0, 0.05) is 18.2 Å². The zero-order valence-corrected chi connectivity index (χ0v) is 16.3. The molecule has 0 bridgehead atoms. The van der Waals surface area contributed by atoms with Crippen molar-refractivity contribution >= 4 is 17.3 Å². The highest BCUT2D eigenvalue weighted by molar-refractivity contribution is 7.80. The average Bonchev–Trinajstić information content (AvgIpc) is 3.50. The summed E-state index contributed by atoms with van der Waals surface area (Å²) in [5.41, 5.74) is 2.75. The Balaban J connectivity index is 1.82. The van der Waals surface area contributed by atoms with E-state index in [0.29, 0.717) is 28.2 Å². The molecule has 1 aliphatic carbocycles. The number of benzene rings is 2. The Bertz CT molecular complexity index is 869. The lowest BCUT2D eigenvalue weighted by atomic mass is 9.87. The molecule has 27 heavy (non-hydrogen) atoms. The van der Waals surface area contributed by atoms with E-state index in [1.165, 1.54) is 6.07 Å². The van der Waals surface area contributed by atoms with Gasteiger partial charge < -0.3 is 19.7 Å². The van der Waals surface area contributed by atoms with E-state index in [0.717, 1.165) is 36.9 Å². The smallest absolute Gasteiger partial charge is 0.169 e. The first-order chi connectivity index (χ1) is 13.1. The zero-order chi connectivity index (χ0) is 19.0. The van der Waals surface area contributed by atoms with Crippen molar-refractivity contribution in [2.75, 3.05) is 20.8 Å². The second-order valence-electron chi connectivity index (χ2n) is 7.00. The Morgan fingerprint density at radius 2 is 1.81 bits per heavy atom. The van der Waals surface area contributed by atoms with Gasteiger partial charge in [-0.1, -0.05) is 18.2 Å². The number of hydrogen-bond donors (Lipinski definition) is 1. The molecule has 0 saturated heterocycles. The average molecular weight is 386 g/mol. The van der Waals surface area contributed by atoms with Crippen LogP contribution in [0.25, 0.3) is 0 Å². The maximum Gasteiger partial charge on any atom is 0.169 e. The first kappa shape index (κ1) is 18.0. The Hall–Kier alpha value is -2.34. The van der Waals surface area contributed by atoms with Crippen LogP contribution < -0.4 is 14.8 Å². The van der Waals surface area contributed by atoms with Crippen LogP contribution in [-0.2, 0) is 6.42 Å². The SMILES string of the molecule is COc1cc2c(cc1OC)[C@@H](c1ccccc1F)N(C(=S)NC1CC1)CC2. The van der Waals surface area contributed by atoms with Crippen molar-refractivity contribution in [3.63, 3.8) is 0 Å². The molecule has 2 aliphatic rings. The van der Waals surface area contributed by atoms with E-state index in [2.05, 4.69) is 10.2 Å². The van der Waals surface area contributed by atoms with E-state index in [-0.39, 0.29) is 11.9 Å². The zero-order valence-electron chi connectivity index (χ0n) is 15.5. The number of nitrogens with zero attached hydrogens (tertiary/aromatic N) is 1. The second kappa shape index (κ2) is 7.35. The van der Waals surface area contributed by atoms with Gasteiger partial charge >= 0.3 is 0 Å². The topological polar surface area (TPSA) is 33.7 Å². The van der Waals surface area contributed by atoms with Gasteiger partial charge in [0.25, 0.3) is 0 Å². The lowest BCUT2D eigenvalue weighted by molar-refractivity contribution is 0.318. The molecule has 1 N–H and O–H groups in total. The fourth-order valence-corrected chi connectivity index (χ4v) is 4.05. The molecule has 2 aromatic rings. The fourth-order valence-electron chi connectivity index (χ4n) is 3.68. The summed E-state index contributed by atoms with van der Waals surface area (Å²) < 4.78 is 25.7. The lowest BCUT2D eigenvalue weighted by Gasteiger charge is -2.40. The van der Waals surface area contributed by atoms with Gasteiger partial charge in [-0.05, 0) is 60.8 Å². The van der Waals surface area contributed by atoms with Crippen LogP contribution in [-0.4, -0.2) is 36.8 Å². The van der Waals surface area contributed by atoms with Crippen molar-refractivity contribution in [2.45, 2.75) is 31.3 Å². The van der Waals surface area contributed by atoms with Gasteiger partial charge in [0.05, 0.1) is 20.3 Å². The van der Waals surface area contributed by atoms with Gasteiger partial charge in [0.1, 0.15) is 5.82 Å². The third-order valence-electron chi connectivity index (χ3n) is 5.24. The van der Waals surface area contributed by atoms with Crippen molar-refractivity contribution in [1.82, 2.24) is 10.2 Å². The van der Waals surface area contributed by atoms with E-state index < -0.39 is 0 Å². The predicted molar refractivity (Wildman–Crippen MR) is 107 cm³/mol. The van der Waals surface area contributed by atoms with Crippen molar-refractivity contribution in [3.05, 3.63) is 58.9 Å². The predicted octanol–water partition coefficient (Wildman–Crippen LogP) is 3.83. The molecule has 0 aromatic heterocycles. The van der Waals surface area contributed by atoms with Gasteiger partial charge in [0.15, 0.2) is 16.6 Å². The van der Waals surface area contributed by atoms with Crippen LogP contribution in [0.1, 0.15) is 35.6 Å². The number of methoxy groups -OCH3 is 2. The standard InChI is InChI=1S/C21H23FN2O2S/c1-25-18-11-13-9-10-24(21(27)23-14-7-8-14)20(16(13)12-19(18)26-2)15-5-3-4-6-17(15)22/h3-6,11-12,14,20H,7-10H2,1-2H3,(H,23,27)/t20-/m1/s1. The molecule has 1 saturated carbocycles. The molecule has 0 radical (unpaired) electrons. The van der Waals surface area contributed by atoms with Crippen LogP contribution in [0.2, 0.25) is 0 Å². The summed E-state index contributed by atoms with van der Waals surface area (Å²) in [5, 5.41) is 4.09. The van der Waals surface area contributed by atoms with Crippen LogP contribution in [0, 0.1) is 5.82 Å². The Morgan fingerprint density at radius 3 is 2.48 bits per heavy atom. The maximum atomic E-state index is 14.8. The fraction of sp³-hybridized carbons (Fsp3) is 0.381. The molecule has 0 amide bonds. The Labute approximate surface area is 164 Å². The summed E-state index contributed by atoms with van der Waals surface area (Å²) in [4.78, 5) is 2.10. The molecule has 1 fully saturated rings. The van der Waals surface area contributed by atoms with Gasteiger partial charge in [0.2, 0.25) is 0 Å². The minimum absolute atomic E-state index is 0.232. The molecule has 6 heteroatoms. The maximum absolute atomic E-state index is 14.8. The highest BCUT2D eigenvalue weighted by Crippen LogP contribution is 2.41. The number of fused-ring (bicyclic) bond motifs is 1. The Kier molecular flexibility index (Phi) is 4.91. The van der Waals surface area contributed by atoms with Crippen LogP contribution in [0.5, 0.6) is 11.5 Å². The number of halogens is 1. The summed E-state index contributed by atoms with van der Waals surface area (Å²) in [5.74, 6) is 1.10. The van der Waals surface area contributed by atoms with Gasteiger partial charge in [-0.15, -0.1) is 0 Å². The van der Waals surface area contributed by atoms with Crippen molar-refractivity contribution in [3.8, 4) is 11.5 Å². The van der Waals surface area contributed by atoms with Crippen molar-refractivity contribution in [1.29, 1.82) is 0 Å². The first-order valence-corrected chi connectivity index (χ1v) is 9.59. The molecule has 0 unspecified atom stereocenters. The summed E-state index contributed by atoms with van der Waals surface area (Å²) in [6.07, 6.45) is 3.09. The molecule has 4 rings (SSSR count). The molecular formula is C21H23FN2O2S. The molecular weight excluding hydrogens is 363 g/mol. The summed E-state index contributed by atoms with van der Waals surface area (Å²) in [7, 11) is 3.24. The molecule has 1 aliphatic heterocycles. The summed E-state index contributed by atoms with van der Waals surface area (Å²) in [6, 6.07) is 11.0. The molecule has 4 nitrogen and oxygen atoms in total. The number of thiocarbonyl (C=S) groups is 1. The van der Waals surface area contributed by atoms with E-state index in [4.69, 9.17) is 21.7 Å². The van der Waals surface area contributed by atoms with Crippen LogP contribution >= 0.6 is 12.2 Å². The van der Waals surface area contributed by atoms with E-state index in [1.807, 2.05) is 24.3 Å². The third kappa shape index (κ3) is 3.46. The number of ether oxygens (including phenoxy) is 2. The second-order valence-corrected chi connectivity index (χ2v) is 7.38. The molecule has 1 heterocycles. The van der Waals surface area contributed by atoms with Crippen molar-refractivity contribution in [2.24, 2.45) is 0 Å². The molecule has 142 valence electrons. The minimum atomic E-state index is -0.298. The number of hydrogen-bond acceptors (Lipinski definition) is 3. The van der Waals surface area contributed by atoms with E-state index >= 15 is 0 Å². The molecule has 0 spiro atoms.